The van der Waals surface area contributed by atoms with E-state index in [1.54, 1.807) is 17.9 Å². The Kier molecular flexibility index (Phi) is 5.05. The summed E-state index contributed by atoms with van der Waals surface area (Å²) in [5.41, 5.74) is 1.81. The maximum atomic E-state index is 12.8. The summed E-state index contributed by atoms with van der Waals surface area (Å²) in [4.78, 5) is 38.0. The molecule has 0 spiro atoms. The number of hydrogen-bond donors (Lipinski definition) is 2. The average Bonchev–Trinajstić information content (AvgIpc) is 3.06. The second-order valence-corrected chi connectivity index (χ2v) is 8.11. The monoisotopic (exact) mass is 436 g/mol. The number of carbonyl (C=O) groups excluding carboxylic acids is 2. The number of carbonyl (C=O) groups is 2. The number of nitro groups is 1. The first-order valence-electron chi connectivity index (χ1n) is 8.96. The van der Waals surface area contributed by atoms with Crippen LogP contribution in [0.3, 0.4) is 0 Å². The lowest BCUT2D eigenvalue weighted by Crippen LogP contribution is -2.39. The lowest BCUT2D eigenvalue weighted by Gasteiger charge is -2.28. The molecule has 0 aliphatic carbocycles. The minimum absolute atomic E-state index is 0.0345. The van der Waals surface area contributed by atoms with Gasteiger partial charge in [0.1, 0.15) is 16.2 Å². The van der Waals surface area contributed by atoms with Gasteiger partial charge in [0, 0.05) is 23.1 Å². The molecular weight excluding hydrogens is 420 g/mol. The second kappa shape index (κ2) is 7.53. The molecule has 3 heterocycles. The maximum Gasteiger partial charge on any atom is 0.410 e. The number of ether oxygens (including phenoxy) is 1. The Hall–Kier alpha value is -2.85. The van der Waals surface area contributed by atoms with Gasteiger partial charge in [-0.05, 0) is 25.0 Å². The van der Waals surface area contributed by atoms with Crippen molar-refractivity contribution in [2.45, 2.75) is 26.1 Å². The number of fused-ring (bicyclic) bond motifs is 3. The van der Waals surface area contributed by atoms with Gasteiger partial charge in [0.25, 0.3) is 11.6 Å². The second-order valence-electron chi connectivity index (χ2n) is 6.60. The minimum Gasteiger partial charge on any atom is -0.450 e. The van der Waals surface area contributed by atoms with Gasteiger partial charge in [-0.3, -0.25) is 14.9 Å². The lowest BCUT2D eigenvalue weighted by atomic mass is 10.0. The summed E-state index contributed by atoms with van der Waals surface area (Å²) in [5.74, 6) is -0.247. The van der Waals surface area contributed by atoms with Crippen LogP contribution in [-0.2, 0) is 17.7 Å². The predicted octanol–water partition coefficient (Wildman–Crippen LogP) is 3.68. The number of nitro benzene ring substituents is 1. The molecule has 0 fully saturated rings. The van der Waals surface area contributed by atoms with Crippen molar-refractivity contribution in [1.29, 1.82) is 0 Å². The highest BCUT2D eigenvalue weighted by Crippen LogP contribution is 2.41. The van der Waals surface area contributed by atoms with Gasteiger partial charge in [-0.2, -0.15) is 0 Å². The SMILES string of the molecule is CCOC(=O)N1CCc2c(sc3c2C(=O)N[C@@H](c2ccc(Cl)c([N+](=O)[O-])c2)N3)C1. The molecule has 2 aliphatic heterocycles. The van der Waals surface area contributed by atoms with Gasteiger partial charge in [0.2, 0.25) is 0 Å². The molecule has 2 amide bonds. The molecule has 1 aromatic heterocycles. The van der Waals surface area contributed by atoms with Crippen LogP contribution in [0.1, 0.15) is 39.5 Å². The zero-order chi connectivity index (χ0) is 20.7. The fourth-order valence-electron chi connectivity index (χ4n) is 3.50. The molecule has 0 unspecified atom stereocenters. The number of benzene rings is 1. The number of nitrogens with zero attached hydrogens (tertiary/aromatic N) is 2. The van der Waals surface area contributed by atoms with E-state index in [0.29, 0.717) is 42.2 Å². The molecule has 11 heteroatoms. The molecule has 0 bridgehead atoms. The molecule has 2 aromatic rings. The van der Waals surface area contributed by atoms with Crippen LogP contribution in [0, 0.1) is 10.1 Å². The Morgan fingerprint density at radius 2 is 2.24 bits per heavy atom. The third-order valence-corrected chi connectivity index (χ3v) is 6.33. The molecule has 29 heavy (non-hydrogen) atoms. The van der Waals surface area contributed by atoms with Crippen LogP contribution >= 0.6 is 22.9 Å². The number of amides is 2. The third kappa shape index (κ3) is 3.49. The lowest BCUT2D eigenvalue weighted by molar-refractivity contribution is -0.384. The van der Waals surface area contributed by atoms with Crippen molar-refractivity contribution < 1.29 is 19.2 Å². The Morgan fingerprint density at radius 3 is 2.97 bits per heavy atom. The number of rotatable bonds is 3. The van der Waals surface area contributed by atoms with Crippen LogP contribution in [0.25, 0.3) is 0 Å². The van der Waals surface area contributed by atoms with E-state index in [-0.39, 0.29) is 22.7 Å². The molecule has 1 atom stereocenters. The summed E-state index contributed by atoms with van der Waals surface area (Å²) >= 11 is 7.29. The molecule has 9 nitrogen and oxygen atoms in total. The van der Waals surface area contributed by atoms with Crippen LogP contribution in [0.2, 0.25) is 5.02 Å². The van der Waals surface area contributed by atoms with Gasteiger partial charge in [0.15, 0.2) is 0 Å². The Labute approximate surface area is 174 Å². The molecule has 152 valence electrons. The average molecular weight is 437 g/mol. The van der Waals surface area contributed by atoms with Crippen molar-refractivity contribution in [2.24, 2.45) is 0 Å². The molecule has 0 radical (unpaired) electrons. The van der Waals surface area contributed by atoms with Crippen molar-refractivity contribution in [3.63, 3.8) is 0 Å². The summed E-state index contributed by atoms with van der Waals surface area (Å²) in [5, 5.41) is 18.0. The highest BCUT2D eigenvalue weighted by molar-refractivity contribution is 7.16. The highest BCUT2D eigenvalue weighted by Gasteiger charge is 2.35. The van der Waals surface area contributed by atoms with E-state index in [2.05, 4.69) is 10.6 Å². The van der Waals surface area contributed by atoms with E-state index in [1.165, 1.54) is 23.5 Å². The van der Waals surface area contributed by atoms with E-state index in [9.17, 15) is 19.7 Å². The van der Waals surface area contributed by atoms with Crippen LogP contribution in [0.5, 0.6) is 0 Å². The first-order valence-corrected chi connectivity index (χ1v) is 10.2. The van der Waals surface area contributed by atoms with E-state index < -0.39 is 11.1 Å². The Bertz CT molecular complexity index is 1020. The quantitative estimate of drug-likeness (QED) is 0.560. The summed E-state index contributed by atoms with van der Waals surface area (Å²) in [6, 6.07) is 4.42. The van der Waals surface area contributed by atoms with Crippen molar-refractivity contribution in [2.75, 3.05) is 18.5 Å². The van der Waals surface area contributed by atoms with Crippen LogP contribution < -0.4 is 10.6 Å². The molecule has 0 saturated heterocycles. The van der Waals surface area contributed by atoms with Gasteiger partial charge in [-0.15, -0.1) is 11.3 Å². The number of hydrogen-bond acceptors (Lipinski definition) is 7. The Morgan fingerprint density at radius 1 is 1.45 bits per heavy atom. The van der Waals surface area contributed by atoms with E-state index in [1.807, 2.05) is 0 Å². The molecule has 4 rings (SSSR count). The smallest absolute Gasteiger partial charge is 0.410 e. The van der Waals surface area contributed by atoms with Gasteiger partial charge in [-0.1, -0.05) is 17.7 Å². The maximum absolute atomic E-state index is 12.8. The highest BCUT2D eigenvalue weighted by atomic mass is 35.5. The number of halogens is 1. The summed E-state index contributed by atoms with van der Waals surface area (Å²) in [7, 11) is 0. The van der Waals surface area contributed by atoms with Gasteiger partial charge >= 0.3 is 6.09 Å². The minimum atomic E-state index is -0.618. The summed E-state index contributed by atoms with van der Waals surface area (Å²) < 4.78 is 5.07. The van der Waals surface area contributed by atoms with E-state index in [4.69, 9.17) is 16.3 Å². The molecule has 0 saturated carbocycles. The van der Waals surface area contributed by atoms with Gasteiger partial charge in [-0.25, -0.2) is 4.79 Å². The fraction of sp³-hybridized carbons (Fsp3) is 0.333. The molecule has 2 N–H and O–H groups in total. The van der Waals surface area contributed by atoms with Crippen molar-refractivity contribution >= 4 is 45.6 Å². The predicted molar refractivity (Wildman–Crippen MR) is 107 cm³/mol. The van der Waals surface area contributed by atoms with Gasteiger partial charge in [0.05, 0.1) is 23.6 Å². The third-order valence-electron chi connectivity index (χ3n) is 4.86. The van der Waals surface area contributed by atoms with Crippen molar-refractivity contribution in [1.82, 2.24) is 10.2 Å². The van der Waals surface area contributed by atoms with E-state index in [0.717, 1.165) is 10.4 Å². The van der Waals surface area contributed by atoms with Crippen LogP contribution in [0.15, 0.2) is 18.2 Å². The zero-order valence-electron chi connectivity index (χ0n) is 15.4. The summed E-state index contributed by atoms with van der Waals surface area (Å²) in [6.45, 7) is 2.93. The van der Waals surface area contributed by atoms with Gasteiger partial charge < -0.3 is 20.3 Å². The number of thiophene rings is 1. The van der Waals surface area contributed by atoms with E-state index >= 15 is 0 Å². The van der Waals surface area contributed by atoms with Crippen molar-refractivity contribution in [3.8, 4) is 0 Å². The molecule has 2 aliphatic rings. The first kappa shape index (κ1) is 19.5. The van der Waals surface area contributed by atoms with Crippen molar-refractivity contribution in [3.05, 3.63) is 54.9 Å². The molecule has 1 aromatic carbocycles. The largest absolute Gasteiger partial charge is 0.450 e. The topological polar surface area (TPSA) is 114 Å². The zero-order valence-corrected chi connectivity index (χ0v) is 16.9. The summed E-state index contributed by atoms with van der Waals surface area (Å²) in [6.07, 6.45) is -0.424. The normalized spacial score (nSPS) is 17.7. The first-order chi connectivity index (χ1) is 13.9. The standard InChI is InChI=1S/C18H17ClN4O5S/c1-2-28-18(25)22-6-5-10-13(8-22)29-17-14(10)16(24)20-15(21-17)9-3-4-11(19)12(7-9)23(26)27/h3-4,7,15,21H,2,5-6,8H2,1H3,(H,20,24)/t15-/m1/s1. The number of anilines is 1. The Balaban J connectivity index is 1.61. The molecular formula is C18H17ClN4O5S. The number of nitrogens with one attached hydrogen (secondary N) is 2. The van der Waals surface area contributed by atoms with Crippen LogP contribution in [-0.4, -0.2) is 35.0 Å². The fourth-order valence-corrected chi connectivity index (χ4v) is 4.98. The van der Waals surface area contributed by atoms with Crippen LogP contribution in [0.4, 0.5) is 15.5 Å².